The molecular weight excluding hydrogens is 430 g/mol. The van der Waals surface area contributed by atoms with Gasteiger partial charge in [0.05, 0.1) is 40.6 Å². The van der Waals surface area contributed by atoms with Crippen LogP contribution in [0.4, 0.5) is 0 Å². The van der Waals surface area contributed by atoms with E-state index in [1.165, 1.54) is 26.2 Å². The molecule has 0 bridgehead atoms. The summed E-state index contributed by atoms with van der Waals surface area (Å²) in [6, 6.07) is 5.65. The van der Waals surface area contributed by atoms with Gasteiger partial charge in [0.15, 0.2) is 23.0 Å². The number of hydrogen-bond donors (Lipinski definition) is 1. The highest BCUT2D eigenvalue weighted by Crippen LogP contribution is 2.48. The Hall–Kier alpha value is -3.62. The van der Waals surface area contributed by atoms with Crippen molar-refractivity contribution in [1.29, 1.82) is 0 Å². The second-order valence-electron chi connectivity index (χ2n) is 7.39. The molecule has 1 N–H and O–H groups in total. The summed E-state index contributed by atoms with van der Waals surface area (Å²) in [6.07, 6.45) is 0. The maximum atomic E-state index is 13.4. The van der Waals surface area contributed by atoms with E-state index in [9.17, 15) is 14.7 Å². The van der Waals surface area contributed by atoms with Crippen LogP contribution in [0.2, 0.25) is 0 Å². The van der Waals surface area contributed by atoms with Crippen LogP contribution in [-0.2, 0) is 4.79 Å². The van der Waals surface area contributed by atoms with Gasteiger partial charge >= 0.3 is 5.97 Å². The molecule has 1 aliphatic heterocycles. The van der Waals surface area contributed by atoms with Crippen molar-refractivity contribution in [1.82, 2.24) is 4.90 Å². The highest BCUT2D eigenvalue weighted by Gasteiger charge is 2.44. The standard InChI is InChI=1S/C24H29NO8/c1-7-32-16-11-14-15(12-17(16)33-8-2)23(26)25(3)21(20(14)24(27)28)13-9-18(29-4)22(31-6)19(10-13)30-5/h9-12,20-21H,7-8H2,1-6H3,(H,27,28)/t20-,21+/m1/s1. The van der Waals surface area contributed by atoms with E-state index in [0.717, 1.165) is 0 Å². The number of amides is 1. The minimum atomic E-state index is -1.08. The van der Waals surface area contributed by atoms with Gasteiger partial charge in [0, 0.05) is 12.6 Å². The molecule has 0 saturated carbocycles. The lowest BCUT2D eigenvalue weighted by atomic mass is 9.79. The van der Waals surface area contributed by atoms with Crippen molar-refractivity contribution in [3.8, 4) is 28.7 Å². The molecular formula is C24H29NO8. The third-order valence-corrected chi connectivity index (χ3v) is 5.63. The van der Waals surface area contributed by atoms with Crippen molar-refractivity contribution in [2.24, 2.45) is 0 Å². The van der Waals surface area contributed by atoms with Crippen molar-refractivity contribution in [3.05, 3.63) is 41.0 Å². The van der Waals surface area contributed by atoms with Gasteiger partial charge in [0.25, 0.3) is 5.91 Å². The number of carbonyl (C=O) groups is 2. The average Bonchev–Trinajstić information content (AvgIpc) is 2.80. The molecule has 2 aromatic carbocycles. The summed E-state index contributed by atoms with van der Waals surface area (Å²) in [6.45, 7) is 4.38. The van der Waals surface area contributed by atoms with Crippen molar-refractivity contribution in [2.45, 2.75) is 25.8 Å². The third kappa shape index (κ3) is 4.22. The molecule has 0 aromatic heterocycles. The lowest BCUT2D eigenvalue weighted by molar-refractivity contribution is -0.140. The van der Waals surface area contributed by atoms with E-state index in [1.54, 1.807) is 31.3 Å². The largest absolute Gasteiger partial charge is 0.493 e. The SMILES string of the molecule is CCOc1cc2c(cc1OCC)[C@@H](C(=O)O)[C@H](c1cc(OC)c(OC)c(OC)c1)N(C)C2=O. The van der Waals surface area contributed by atoms with E-state index in [-0.39, 0.29) is 11.5 Å². The Morgan fingerprint density at radius 3 is 1.91 bits per heavy atom. The lowest BCUT2D eigenvalue weighted by Crippen LogP contribution is -2.42. The fraction of sp³-hybridized carbons (Fsp3) is 0.417. The van der Waals surface area contributed by atoms with Crippen molar-refractivity contribution < 1.29 is 38.4 Å². The van der Waals surface area contributed by atoms with Gasteiger partial charge in [0.1, 0.15) is 5.92 Å². The van der Waals surface area contributed by atoms with E-state index in [4.69, 9.17) is 23.7 Å². The number of carboxylic acids is 1. The van der Waals surface area contributed by atoms with Gasteiger partial charge in [-0.1, -0.05) is 0 Å². The Morgan fingerprint density at radius 1 is 0.909 bits per heavy atom. The molecule has 33 heavy (non-hydrogen) atoms. The predicted molar refractivity (Wildman–Crippen MR) is 120 cm³/mol. The third-order valence-electron chi connectivity index (χ3n) is 5.63. The number of likely N-dealkylation sites (N-methyl/N-ethyl adjacent to an activating group) is 1. The summed E-state index contributed by atoms with van der Waals surface area (Å²) in [4.78, 5) is 27.4. The zero-order valence-corrected chi connectivity index (χ0v) is 19.6. The van der Waals surface area contributed by atoms with Crippen LogP contribution in [-0.4, -0.2) is 63.5 Å². The molecule has 0 spiro atoms. The normalized spacial score (nSPS) is 17.3. The molecule has 0 saturated heterocycles. The predicted octanol–water partition coefficient (Wildman–Crippen LogP) is 3.50. The highest BCUT2D eigenvalue weighted by molar-refractivity contribution is 6.01. The molecule has 9 nitrogen and oxygen atoms in total. The number of fused-ring (bicyclic) bond motifs is 1. The van der Waals surface area contributed by atoms with Crippen LogP contribution in [0.3, 0.4) is 0 Å². The van der Waals surface area contributed by atoms with Gasteiger partial charge in [-0.25, -0.2) is 0 Å². The second kappa shape index (κ2) is 9.89. The smallest absolute Gasteiger partial charge is 0.313 e. The number of methoxy groups -OCH3 is 3. The van der Waals surface area contributed by atoms with Crippen LogP contribution in [0.25, 0.3) is 0 Å². The first-order chi connectivity index (χ1) is 15.8. The molecule has 2 aromatic rings. The first-order valence-corrected chi connectivity index (χ1v) is 10.6. The fourth-order valence-corrected chi connectivity index (χ4v) is 4.22. The minimum absolute atomic E-state index is 0.264. The first-order valence-electron chi connectivity index (χ1n) is 10.6. The van der Waals surface area contributed by atoms with Gasteiger partial charge in [-0.05, 0) is 49.2 Å². The molecule has 0 unspecified atom stereocenters. The second-order valence-corrected chi connectivity index (χ2v) is 7.39. The fourth-order valence-electron chi connectivity index (χ4n) is 4.22. The molecule has 3 rings (SSSR count). The van der Waals surface area contributed by atoms with Gasteiger partial charge in [-0.15, -0.1) is 0 Å². The quantitative estimate of drug-likeness (QED) is 0.608. The summed E-state index contributed by atoms with van der Waals surface area (Å²) in [7, 11) is 6.01. The molecule has 0 fully saturated rings. The molecule has 1 amide bonds. The van der Waals surface area contributed by atoms with Crippen LogP contribution in [0.1, 0.15) is 47.3 Å². The van der Waals surface area contributed by atoms with Crippen molar-refractivity contribution in [3.63, 3.8) is 0 Å². The molecule has 0 radical (unpaired) electrons. The minimum Gasteiger partial charge on any atom is -0.493 e. The molecule has 1 heterocycles. The molecule has 178 valence electrons. The number of nitrogens with zero attached hydrogens (tertiary/aromatic N) is 1. The summed E-state index contributed by atoms with van der Waals surface area (Å²) >= 11 is 0. The van der Waals surface area contributed by atoms with Crippen LogP contribution in [0.15, 0.2) is 24.3 Å². The van der Waals surface area contributed by atoms with Crippen molar-refractivity contribution >= 4 is 11.9 Å². The zero-order chi connectivity index (χ0) is 24.3. The summed E-state index contributed by atoms with van der Waals surface area (Å²) < 4.78 is 27.6. The lowest BCUT2D eigenvalue weighted by Gasteiger charge is -2.39. The number of rotatable bonds is 9. The maximum absolute atomic E-state index is 13.4. The Bertz CT molecular complexity index is 1030. The molecule has 9 heteroatoms. The number of hydrogen-bond acceptors (Lipinski definition) is 7. The average molecular weight is 459 g/mol. The van der Waals surface area contributed by atoms with E-state index in [0.29, 0.717) is 53.1 Å². The Balaban J connectivity index is 2.25. The number of carboxylic acid groups (broad SMARTS) is 1. The van der Waals surface area contributed by atoms with E-state index in [2.05, 4.69) is 0 Å². The maximum Gasteiger partial charge on any atom is 0.313 e. The van der Waals surface area contributed by atoms with Crippen LogP contribution < -0.4 is 23.7 Å². The van der Waals surface area contributed by atoms with Crippen molar-refractivity contribution in [2.75, 3.05) is 41.6 Å². The van der Waals surface area contributed by atoms with E-state index in [1.807, 2.05) is 13.8 Å². The monoisotopic (exact) mass is 459 g/mol. The number of ether oxygens (including phenoxy) is 5. The summed E-state index contributed by atoms with van der Waals surface area (Å²) in [5.74, 6) is -0.582. The highest BCUT2D eigenvalue weighted by atomic mass is 16.5. The Kier molecular flexibility index (Phi) is 7.20. The van der Waals surface area contributed by atoms with Gasteiger partial charge in [0.2, 0.25) is 5.75 Å². The van der Waals surface area contributed by atoms with Gasteiger partial charge in [-0.3, -0.25) is 9.59 Å². The summed E-state index contributed by atoms with van der Waals surface area (Å²) in [5, 5.41) is 10.3. The van der Waals surface area contributed by atoms with Crippen LogP contribution in [0.5, 0.6) is 28.7 Å². The van der Waals surface area contributed by atoms with Crippen LogP contribution >= 0.6 is 0 Å². The molecule has 1 aliphatic rings. The number of carbonyl (C=O) groups excluding carboxylic acids is 1. The van der Waals surface area contributed by atoms with E-state index < -0.39 is 17.9 Å². The van der Waals surface area contributed by atoms with Gasteiger partial charge < -0.3 is 33.7 Å². The van der Waals surface area contributed by atoms with Crippen LogP contribution in [0, 0.1) is 0 Å². The summed E-state index contributed by atoms with van der Waals surface area (Å²) in [5.41, 5.74) is 1.15. The zero-order valence-electron chi connectivity index (χ0n) is 19.6. The Labute approximate surface area is 192 Å². The van der Waals surface area contributed by atoms with E-state index >= 15 is 0 Å². The van der Waals surface area contributed by atoms with Gasteiger partial charge in [-0.2, -0.15) is 0 Å². The molecule has 0 aliphatic carbocycles. The first kappa shape index (κ1) is 24.0. The Morgan fingerprint density at radius 2 is 1.45 bits per heavy atom. The number of benzene rings is 2. The topological polar surface area (TPSA) is 104 Å². The number of aliphatic carboxylic acids is 1. The molecule has 2 atom stereocenters.